The summed E-state index contributed by atoms with van der Waals surface area (Å²) in [6.07, 6.45) is 5.05. The molecule has 6 rings (SSSR count). The minimum absolute atomic E-state index is 0.0387. The maximum absolute atomic E-state index is 13.1. The van der Waals surface area contributed by atoms with E-state index in [9.17, 15) is 19.2 Å². The summed E-state index contributed by atoms with van der Waals surface area (Å²) in [7, 11) is 0. The summed E-state index contributed by atoms with van der Waals surface area (Å²) >= 11 is 6.22. The number of allylic oxidation sites excluding steroid dienone is 2. The molecule has 2 aliphatic carbocycles. The molecule has 2 heterocycles. The van der Waals surface area contributed by atoms with E-state index in [0.29, 0.717) is 27.7 Å². The van der Waals surface area contributed by atoms with E-state index in [0.717, 1.165) is 6.42 Å². The Morgan fingerprint density at radius 2 is 1.66 bits per heavy atom. The van der Waals surface area contributed by atoms with Crippen LogP contribution in [-0.2, 0) is 19.2 Å². The lowest BCUT2D eigenvalue weighted by Crippen LogP contribution is -2.33. The van der Waals surface area contributed by atoms with Gasteiger partial charge in [0.15, 0.2) is 0 Å². The number of rotatable bonds is 4. The van der Waals surface area contributed by atoms with Crippen LogP contribution in [0.3, 0.4) is 0 Å². The van der Waals surface area contributed by atoms with Gasteiger partial charge in [-0.3, -0.25) is 19.2 Å². The molecule has 8 heteroatoms. The summed E-state index contributed by atoms with van der Waals surface area (Å²) < 4.78 is 5.58. The molecule has 3 amide bonds. The standard InChI is InChI=1S/C27H23ClN2O5/c1-14-10-18(35-27(34)17-12-22(31)29(13-17)21-5-3-2-4-19(21)28)8-9-20(14)30-25(32)23-15-6-7-16(11-15)24(23)26(30)33/h2-10,15-17,23-24H,11-13H2,1H3/t15-,16-,17+,23-,24-/m0/s1. The fraction of sp³-hybridized carbons (Fsp3) is 0.333. The highest BCUT2D eigenvalue weighted by atomic mass is 35.5. The van der Waals surface area contributed by atoms with Gasteiger partial charge >= 0.3 is 5.97 Å². The Bertz CT molecular complexity index is 1290. The van der Waals surface area contributed by atoms with Gasteiger partial charge in [0.1, 0.15) is 5.75 Å². The number of carbonyl (C=O) groups is 4. The number of benzene rings is 2. The molecule has 35 heavy (non-hydrogen) atoms. The van der Waals surface area contributed by atoms with Gasteiger partial charge in [-0.2, -0.15) is 0 Å². The van der Waals surface area contributed by atoms with E-state index >= 15 is 0 Å². The third kappa shape index (κ3) is 3.40. The number of carbonyl (C=O) groups excluding carboxylic acids is 4. The quantitative estimate of drug-likeness (QED) is 0.281. The lowest BCUT2D eigenvalue weighted by atomic mass is 9.85. The minimum atomic E-state index is -0.622. The van der Waals surface area contributed by atoms with Gasteiger partial charge < -0.3 is 9.64 Å². The van der Waals surface area contributed by atoms with Gasteiger partial charge in [0.2, 0.25) is 17.7 Å². The van der Waals surface area contributed by atoms with Crippen molar-refractivity contribution in [3.8, 4) is 5.75 Å². The van der Waals surface area contributed by atoms with Crippen LogP contribution in [0, 0.1) is 36.5 Å². The average molecular weight is 491 g/mol. The molecule has 2 aromatic carbocycles. The molecular formula is C27H23ClN2O5. The van der Waals surface area contributed by atoms with Crippen molar-refractivity contribution in [3.05, 3.63) is 65.2 Å². The van der Waals surface area contributed by atoms with Gasteiger partial charge in [0.05, 0.1) is 34.2 Å². The SMILES string of the molecule is Cc1cc(OC(=O)[C@@H]2CC(=O)N(c3ccccc3Cl)C2)ccc1N1C(=O)[C@@H]2[C@@H](C1=O)[C@H]1C=C[C@H]2C1. The number of anilines is 2. The summed E-state index contributed by atoms with van der Waals surface area (Å²) in [5.41, 5.74) is 1.76. The van der Waals surface area contributed by atoms with Gasteiger partial charge in [-0.1, -0.05) is 35.9 Å². The smallest absolute Gasteiger partial charge is 0.316 e. The van der Waals surface area contributed by atoms with E-state index in [1.54, 1.807) is 49.4 Å². The topological polar surface area (TPSA) is 84.0 Å². The number of para-hydroxylation sites is 1. The summed E-state index contributed by atoms with van der Waals surface area (Å²) in [6.45, 7) is 1.97. The lowest BCUT2D eigenvalue weighted by Gasteiger charge is -2.20. The number of aryl methyl sites for hydroxylation is 1. The van der Waals surface area contributed by atoms with Crippen LogP contribution in [0.2, 0.25) is 5.02 Å². The van der Waals surface area contributed by atoms with E-state index < -0.39 is 11.9 Å². The molecule has 0 radical (unpaired) electrons. The molecule has 7 nitrogen and oxygen atoms in total. The van der Waals surface area contributed by atoms with Crippen LogP contribution < -0.4 is 14.5 Å². The van der Waals surface area contributed by atoms with E-state index in [1.807, 2.05) is 0 Å². The summed E-state index contributed by atoms with van der Waals surface area (Å²) in [5, 5.41) is 0.444. The second-order valence-electron chi connectivity index (χ2n) is 9.74. The lowest BCUT2D eigenvalue weighted by molar-refractivity contribution is -0.139. The molecule has 0 spiro atoms. The van der Waals surface area contributed by atoms with Crippen LogP contribution in [0.1, 0.15) is 18.4 Å². The molecule has 3 fully saturated rings. The Morgan fingerprint density at radius 3 is 2.31 bits per heavy atom. The number of ether oxygens (including phenoxy) is 1. The largest absolute Gasteiger partial charge is 0.426 e. The number of nitrogens with zero attached hydrogens (tertiary/aromatic N) is 2. The maximum Gasteiger partial charge on any atom is 0.316 e. The first kappa shape index (κ1) is 22.0. The molecule has 0 N–H and O–H groups in total. The Kier molecular flexibility index (Phi) is 5.07. The van der Waals surface area contributed by atoms with Crippen molar-refractivity contribution >= 4 is 46.7 Å². The van der Waals surface area contributed by atoms with Crippen molar-refractivity contribution in [2.24, 2.45) is 29.6 Å². The van der Waals surface area contributed by atoms with Gasteiger partial charge in [-0.25, -0.2) is 4.90 Å². The number of imide groups is 1. The zero-order chi connectivity index (χ0) is 24.4. The number of amides is 3. The maximum atomic E-state index is 13.1. The highest BCUT2D eigenvalue weighted by molar-refractivity contribution is 6.34. The molecule has 2 saturated heterocycles. The number of esters is 1. The van der Waals surface area contributed by atoms with Crippen molar-refractivity contribution in [1.29, 1.82) is 0 Å². The summed E-state index contributed by atoms with van der Waals surface area (Å²) in [6, 6.07) is 11.9. The van der Waals surface area contributed by atoms with Crippen molar-refractivity contribution in [2.75, 3.05) is 16.3 Å². The predicted octanol–water partition coefficient (Wildman–Crippen LogP) is 3.92. The highest BCUT2D eigenvalue weighted by Gasteiger charge is 2.59. The van der Waals surface area contributed by atoms with Crippen LogP contribution in [0.25, 0.3) is 0 Å². The molecule has 178 valence electrons. The zero-order valence-corrected chi connectivity index (χ0v) is 19.8. The van der Waals surface area contributed by atoms with E-state index in [-0.39, 0.29) is 54.4 Å². The minimum Gasteiger partial charge on any atom is -0.426 e. The Balaban J connectivity index is 1.16. The first-order valence-corrected chi connectivity index (χ1v) is 12.1. The van der Waals surface area contributed by atoms with Crippen LogP contribution in [-0.4, -0.2) is 30.2 Å². The van der Waals surface area contributed by atoms with E-state index in [1.165, 1.54) is 9.80 Å². The third-order valence-corrected chi connectivity index (χ3v) is 8.02. The van der Waals surface area contributed by atoms with Gasteiger partial charge in [0, 0.05) is 13.0 Å². The number of fused-ring (bicyclic) bond motifs is 5. The number of hydrogen-bond donors (Lipinski definition) is 0. The van der Waals surface area contributed by atoms with Gasteiger partial charge in [-0.15, -0.1) is 0 Å². The molecule has 2 bridgehead atoms. The number of halogens is 1. The first-order valence-electron chi connectivity index (χ1n) is 11.8. The molecule has 0 aromatic heterocycles. The Hall–Kier alpha value is -3.45. The second-order valence-corrected chi connectivity index (χ2v) is 10.1. The fourth-order valence-corrected chi connectivity index (χ4v) is 6.29. The molecule has 1 saturated carbocycles. The third-order valence-electron chi connectivity index (χ3n) is 7.70. The average Bonchev–Trinajstić information content (AvgIpc) is 3.59. The number of hydrogen-bond acceptors (Lipinski definition) is 5. The van der Waals surface area contributed by atoms with Crippen molar-refractivity contribution < 1.29 is 23.9 Å². The van der Waals surface area contributed by atoms with Crippen molar-refractivity contribution in [2.45, 2.75) is 19.8 Å². The molecule has 0 unspecified atom stereocenters. The molecule has 2 aromatic rings. The van der Waals surface area contributed by atoms with Crippen LogP contribution >= 0.6 is 11.6 Å². The van der Waals surface area contributed by atoms with Crippen LogP contribution in [0.4, 0.5) is 11.4 Å². The van der Waals surface area contributed by atoms with E-state index in [4.69, 9.17) is 16.3 Å². The molecule has 2 aliphatic heterocycles. The zero-order valence-electron chi connectivity index (χ0n) is 19.0. The molecule has 4 aliphatic rings. The second kappa shape index (κ2) is 8.05. The monoisotopic (exact) mass is 490 g/mol. The molecular weight excluding hydrogens is 468 g/mol. The van der Waals surface area contributed by atoms with Gasteiger partial charge in [-0.05, 0) is 61.1 Å². The Morgan fingerprint density at radius 1 is 0.971 bits per heavy atom. The van der Waals surface area contributed by atoms with Crippen LogP contribution in [0.5, 0.6) is 5.75 Å². The Labute approximate surface area is 207 Å². The summed E-state index contributed by atoms with van der Waals surface area (Å²) in [4.78, 5) is 54.4. The van der Waals surface area contributed by atoms with Crippen molar-refractivity contribution in [1.82, 2.24) is 0 Å². The van der Waals surface area contributed by atoms with Gasteiger partial charge in [0.25, 0.3) is 0 Å². The van der Waals surface area contributed by atoms with E-state index in [2.05, 4.69) is 12.2 Å². The summed E-state index contributed by atoms with van der Waals surface area (Å²) in [5.74, 6) is -1.55. The first-order chi connectivity index (χ1) is 16.8. The van der Waals surface area contributed by atoms with Crippen LogP contribution in [0.15, 0.2) is 54.6 Å². The highest BCUT2D eigenvalue weighted by Crippen LogP contribution is 2.53. The predicted molar refractivity (Wildman–Crippen MR) is 129 cm³/mol. The fourth-order valence-electron chi connectivity index (χ4n) is 6.05. The molecule has 5 atom stereocenters. The van der Waals surface area contributed by atoms with Crippen molar-refractivity contribution in [3.63, 3.8) is 0 Å². The normalized spacial score (nSPS) is 28.9.